The average Bonchev–Trinajstić information content (AvgIpc) is 3.24. The summed E-state index contributed by atoms with van der Waals surface area (Å²) in [6, 6.07) is 9.91. The van der Waals surface area contributed by atoms with Crippen LogP contribution in [-0.4, -0.2) is 72.8 Å². The quantitative estimate of drug-likeness (QED) is 0.782. The molecule has 2 aromatic rings. The Hall–Kier alpha value is -1.77. The van der Waals surface area contributed by atoms with E-state index in [4.69, 9.17) is 0 Å². The van der Waals surface area contributed by atoms with E-state index in [1.807, 2.05) is 42.2 Å². The number of thiazole rings is 1. The maximum atomic E-state index is 13.1. The summed E-state index contributed by atoms with van der Waals surface area (Å²) in [6.07, 6.45) is 0.711. The molecule has 0 bridgehead atoms. The molecule has 144 valence electrons. The molecule has 2 aliphatic rings. The second-order valence-electron chi connectivity index (χ2n) is 7.16. The van der Waals surface area contributed by atoms with Crippen molar-refractivity contribution in [2.45, 2.75) is 19.4 Å². The van der Waals surface area contributed by atoms with E-state index in [9.17, 15) is 13.2 Å². The Bertz CT molecular complexity index is 932. The van der Waals surface area contributed by atoms with Crippen molar-refractivity contribution in [3.8, 4) is 11.3 Å². The Morgan fingerprint density at radius 3 is 2.48 bits per heavy atom. The zero-order chi connectivity index (χ0) is 19.0. The number of piperazine rings is 1. The largest absolute Gasteiger partial charge is 0.335 e. The zero-order valence-electron chi connectivity index (χ0n) is 15.3. The first kappa shape index (κ1) is 18.6. The van der Waals surface area contributed by atoms with Gasteiger partial charge in [-0.25, -0.2) is 13.4 Å². The van der Waals surface area contributed by atoms with Gasteiger partial charge in [-0.2, -0.15) is 0 Å². The van der Waals surface area contributed by atoms with Crippen LogP contribution in [0.15, 0.2) is 30.3 Å². The molecular weight excluding hydrogens is 382 g/mol. The van der Waals surface area contributed by atoms with Crippen LogP contribution in [0.25, 0.3) is 11.3 Å². The number of amides is 1. The predicted octanol–water partition coefficient (Wildman–Crippen LogP) is 2.06. The maximum absolute atomic E-state index is 13.1. The first-order valence-corrected chi connectivity index (χ1v) is 11.8. The van der Waals surface area contributed by atoms with E-state index in [0.717, 1.165) is 29.4 Å². The summed E-state index contributed by atoms with van der Waals surface area (Å²) < 4.78 is 23.4. The van der Waals surface area contributed by atoms with Crippen molar-refractivity contribution in [1.29, 1.82) is 0 Å². The third-order valence-electron chi connectivity index (χ3n) is 5.30. The highest BCUT2D eigenvalue weighted by atomic mass is 32.2. The van der Waals surface area contributed by atoms with Gasteiger partial charge >= 0.3 is 0 Å². The number of rotatable bonds is 3. The SMILES string of the molecule is Cc1nc(-c2ccccc2)c(C(=O)N2CCN([C@@H]3CCS(=O)(=O)C3)CC2)s1. The number of hydrogen-bond acceptors (Lipinski definition) is 6. The van der Waals surface area contributed by atoms with Gasteiger partial charge in [0.25, 0.3) is 5.91 Å². The van der Waals surface area contributed by atoms with Crippen molar-refractivity contribution in [3.05, 3.63) is 40.2 Å². The molecule has 6 nitrogen and oxygen atoms in total. The molecule has 3 heterocycles. The van der Waals surface area contributed by atoms with E-state index in [-0.39, 0.29) is 23.5 Å². The fourth-order valence-electron chi connectivity index (χ4n) is 3.86. The topological polar surface area (TPSA) is 70.6 Å². The first-order chi connectivity index (χ1) is 12.9. The Kier molecular flexibility index (Phi) is 5.05. The molecule has 2 aliphatic heterocycles. The van der Waals surface area contributed by atoms with Gasteiger partial charge < -0.3 is 4.90 Å². The van der Waals surface area contributed by atoms with Crippen LogP contribution in [-0.2, 0) is 9.84 Å². The van der Waals surface area contributed by atoms with Crippen LogP contribution in [0.5, 0.6) is 0 Å². The summed E-state index contributed by atoms with van der Waals surface area (Å²) in [6.45, 7) is 4.63. The molecule has 1 aromatic heterocycles. The van der Waals surface area contributed by atoms with Gasteiger partial charge in [0, 0.05) is 37.8 Å². The molecule has 2 saturated heterocycles. The molecule has 2 fully saturated rings. The molecular formula is C19H23N3O3S2. The average molecular weight is 406 g/mol. The number of benzene rings is 1. The molecule has 0 radical (unpaired) electrons. The van der Waals surface area contributed by atoms with Gasteiger partial charge in [0.2, 0.25) is 0 Å². The Labute approximate surface area is 163 Å². The highest BCUT2D eigenvalue weighted by Crippen LogP contribution is 2.29. The van der Waals surface area contributed by atoms with E-state index in [0.29, 0.717) is 24.4 Å². The van der Waals surface area contributed by atoms with Crippen molar-refractivity contribution < 1.29 is 13.2 Å². The fourth-order valence-corrected chi connectivity index (χ4v) is 6.53. The smallest absolute Gasteiger partial charge is 0.266 e. The van der Waals surface area contributed by atoms with Crippen LogP contribution < -0.4 is 0 Å². The van der Waals surface area contributed by atoms with E-state index >= 15 is 0 Å². The van der Waals surface area contributed by atoms with Crippen LogP contribution in [0.1, 0.15) is 21.1 Å². The van der Waals surface area contributed by atoms with Crippen molar-refractivity contribution in [2.24, 2.45) is 0 Å². The summed E-state index contributed by atoms with van der Waals surface area (Å²) >= 11 is 1.44. The number of sulfone groups is 1. The van der Waals surface area contributed by atoms with Crippen LogP contribution in [0, 0.1) is 6.92 Å². The molecule has 1 atom stereocenters. The Balaban J connectivity index is 1.46. The number of aryl methyl sites for hydroxylation is 1. The lowest BCUT2D eigenvalue weighted by molar-refractivity contribution is 0.0593. The molecule has 0 saturated carbocycles. The maximum Gasteiger partial charge on any atom is 0.266 e. The first-order valence-electron chi connectivity index (χ1n) is 9.19. The van der Waals surface area contributed by atoms with E-state index in [2.05, 4.69) is 9.88 Å². The summed E-state index contributed by atoms with van der Waals surface area (Å²) in [7, 11) is -2.88. The summed E-state index contributed by atoms with van der Waals surface area (Å²) in [5.41, 5.74) is 1.72. The van der Waals surface area contributed by atoms with Gasteiger partial charge in [0.1, 0.15) is 4.88 Å². The second-order valence-corrected chi connectivity index (χ2v) is 10.6. The van der Waals surface area contributed by atoms with Gasteiger partial charge in [0.05, 0.1) is 22.2 Å². The summed E-state index contributed by atoms with van der Waals surface area (Å²) in [5.74, 6) is 0.572. The van der Waals surface area contributed by atoms with Crippen molar-refractivity contribution >= 4 is 27.1 Å². The Morgan fingerprint density at radius 1 is 1.15 bits per heavy atom. The summed E-state index contributed by atoms with van der Waals surface area (Å²) in [5, 5.41) is 0.881. The highest BCUT2D eigenvalue weighted by molar-refractivity contribution is 7.91. The normalized spacial score (nSPS) is 22.9. The zero-order valence-corrected chi connectivity index (χ0v) is 16.9. The van der Waals surface area contributed by atoms with Crippen LogP contribution in [0.3, 0.4) is 0 Å². The lowest BCUT2D eigenvalue weighted by Gasteiger charge is -2.37. The second kappa shape index (κ2) is 7.33. The third kappa shape index (κ3) is 3.93. The predicted molar refractivity (Wildman–Crippen MR) is 107 cm³/mol. The summed E-state index contributed by atoms with van der Waals surface area (Å²) in [4.78, 5) is 22.5. The van der Waals surface area contributed by atoms with Gasteiger partial charge in [-0.3, -0.25) is 9.69 Å². The van der Waals surface area contributed by atoms with E-state index in [1.54, 1.807) is 0 Å². The lowest BCUT2D eigenvalue weighted by atomic mass is 10.1. The molecule has 27 heavy (non-hydrogen) atoms. The van der Waals surface area contributed by atoms with Crippen molar-refractivity contribution in [3.63, 3.8) is 0 Å². The minimum absolute atomic E-state index is 0.0261. The number of hydrogen-bond donors (Lipinski definition) is 0. The fraction of sp³-hybridized carbons (Fsp3) is 0.474. The molecule has 1 aromatic carbocycles. The molecule has 0 aliphatic carbocycles. The number of aromatic nitrogens is 1. The van der Waals surface area contributed by atoms with Gasteiger partial charge in [-0.05, 0) is 13.3 Å². The highest BCUT2D eigenvalue weighted by Gasteiger charge is 2.35. The minimum Gasteiger partial charge on any atom is -0.335 e. The van der Waals surface area contributed by atoms with Gasteiger partial charge in [-0.1, -0.05) is 30.3 Å². The monoisotopic (exact) mass is 405 g/mol. The molecule has 0 spiro atoms. The molecule has 0 N–H and O–H groups in total. The molecule has 8 heteroatoms. The number of carbonyl (C=O) groups is 1. The third-order valence-corrected chi connectivity index (χ3v) is 8.01. The van der Waals surface area contributed by atoms with Gasteiger partial charge in [-0.15, -0.1) is 11.3 Å². The minimum atomic E-state index is -2.88. The van der Waals surface area contributed by atoms with Crippen molar-refractivity contribution in [2.75, 3.05) is 37.7 Å². The lowest BCUT2D eigenvalue weighted by Crippen LogP contribution is -2.52. The molecule has 1 amide bonds. The van der Waals surface area contributed by atoms with E-state index < -0.39 is 9.84 Å². The van der Waals surface area contributed by atoms with Crippen molar-refractivity contribution in [1.82, 2.24) is 14.8 Å². The number of nitrogens with zero attached hydrogens (tertiary/aromatic N) is 3. The van der Waals surface area contributed by atoms with Crippen LogP contribution >= 0.6 is 11.3 Å². The van der Waals surface area contributed by atoms with Crippen LogP contribution in [0.4, 0.5) is 0 Å². The van der Waals surface area contributed by atoms with E-state index in [1.165, 1.54) is 11.3 Å². The van der Waals surface area contributed by atoms with Crippen LogP contribution in [0.2, 0.25) is 0 Å². The molecule has 4 rings (SSSR count). The molecule has 0 unspecified atom stereocenters. The standard InChI is InChI=1S/C19H23N3O3S2/c1-14-20-17(15-5-3-2-4-6-15)18(26-14)19(23)22-10-8-21(9-11-22)16-7-12-27(24,25)13-16/h2-6,16H,7-13H2,1H3/t16-/m1/s1. The Morgan fingerprint density at radius 2 is 1.85 bits per heavy atom. The number of carbonyl (C=O) groups excluding carboxylic acids is 1. The van der Waals surface area contributed by atoms with Gasteiger partial charge in [0.15, 0.2) is 9.84 Å².